The van der Waals surface area contributed by atoms with Gasteiger partial charge in [-0.15, -0.1) is 0 Å². The number of nitrogens with zero attached hydrogens (tertiary/aromatic N) is 3. The van der Waals surface area contributed by atoms with E-state index in [1.54, 1.807) is 24.1 Å². The first-order chi connectivity index (χ1) is 17.4. The summed E-state index contributed by atoms with van der Waals surface area (Å²) in [5, 5.41) is 9.68. The van der Waals surface area contributed by atoms with E-state index < -0.39 is 11.1 Å². The van der Waals surface area contributed by atoms with Gasteiger partial charge < -0.3 is 5.32 Å². The lowest BCUT2D eigenvalue weighted by Crippen LogP contribution is -2.25. The molecular formula is C27H22ClFN4O2S. The number of thioether (sulfide) groups is 1. The van der Waals surface area contributed by atoms with Crippen molar-refractivity contribution in [1.82, 2.24) is 5.01 Å². The van der Waals surface area contributed by atoms with Gasteiger partial charge in [-0.05, 0) is 47.9 Å². The van der Waals surface area contributed by atoms with Crippen LogP contribution < -0.4 is 5.32 Å². The molecule has 6 nitrogen and oxygen atoms in total. The SMILES string of the molecule is Cc1ccc(NC(=O)C[C@H]2SC(N3N=C(c4ccc(Cl)cc4)C[C@@H]3c3ccccc3)=NC2=O)cc1F. The smallest absolute Gasteiger partial charge is 0.262 e. The van der Waals surface area contributed by atoms with Crippen LogP contribution in [0.2, 0.25) is 5.02 Å². The van der Waals surface area contributed by atoms with Crippen LogP contribution in [0.5, 0.6) is 0 Å². The fraction of sp³-hybridized carbons (Fsp3) is 0.185. The predicted molar refractivity (Wildman–Crippen MR) is 142 cm³/mol. The summed E-state index contributed by atoms with van der Waals surface area (Å²) in [6, 6.07) is 21.7. The van der Waals surface area contributed by atoms with Gasteiger partial charge in [0.2, 0.25) is 5.91 Å². The molecule has 2 aliphatic heterocycles. The highest BCUT2D eigenvalue weighted by Crippen LogP contribution is 2.38. The number of nitrogens with one attached hydrogen (secondary N) is 1. The quantitative estimate of drug-likeness (QED) is 0.450. The summed E-state index contributed by atoms with van der Waals surface area (Å²) in [5.41, 5.74) is 3.69. The highest BCUT2D eigenvalue weighted by molar-refractivity contribution is 8.15. The Bertz CT molecular complexity index is 1380. The van der Waals surface area contributed by atoms with Crippen LogP contribution in [-0.4, -0.2) is 33.0 Å². The number of amides is 2. The molecule has 5 rings (SSSR count). The summed E-state index contributed by atoms with van der Waals surface area (Å²) in [4.78, 5) is 29.6. The average molecular weight is 521 g/mol. The molecular weight excluding hydrogens is 499 g/mol. The maximum absolute atomic E-state index is 13.8. The van der Waals surface area contributed by atoms with Crippen molar-refractivity contribution in [3.05, 3.63) is 100 Å². The van der Waals surface area contributed by atoms with Gasteiger partial charge in [-0.3, -0.25) is 9.59 Å². The van der Waals surface area contributed by atoms with Gasteiger partial charge in [-0.25, -0.2) is 9.40 Å². The number of carbonyl (C=O) groups is 2. The summed E-state index contributed by atoms with van der Waals surface area (Å²) in [7, 11) is 0. The predicted octanol–water partition coefficient (Wildman–Crippen LogP) is 5.97. The number of rotatable bonds is 5. The van der Waals surface area contributed by atoms with Gasteiger partial charge >= 0.3 is 0 Å². The number of hydrazone groups is 1. The fourth-order valence-corrected chi connectivity index (χ4v) is 5.28. The van der Waals surface area contributed by atoms with Crippen molar-refractivity contribution in [2.75, 3.05) is 5.32 Å². The molecule has 1 N–H and O–H groups in total. The van der Waals surface area contributed by atoms with Crippen LogP contribution in [0.3, 0.4) is 0 Å². The van der Waals surface area contributed by atoms with Gasteiger partial charge in [0.1, 0.15) is 11.1 Å². The van der Waals surface area contributed by atoms with Crippen LogP contribution in [0.4, 0.5) is 10.1 Å². The van der Waals surface area contributed by atoms with Crippen LogP contribution in [-0.2, 0) is 9.59 Å². The summed E-state index contributed by atoms with van der Waals surface area (Å²) < 4.78 is 13.8. The van der Waals surface area contributed by atoms with E-state index in [0.717, 1.165) is 16.8 Å². The van der Waals surface area contributed by atoms with Gasteiger partial charge in [0, 0.05) is 23.6 Å². The van der Waals surface area contributed by atoms with Crippen molar-refractivity contribution in [2.24, 2.45) is 10.1 Å². The first-order valence-electron chi connectivity index (χ1n) is 11.4. The van der Waals surface area contributed by atoms with Crippen LogP contribution in [0.1, 0.15) is 35.6 Å². The lowest BCUT2D eigenvalue weighted by atomic mass is 9.99. The normalized spacial score (nSPS) is 19.3. The van der Waals surface area contributed by atoms with E-state index in [1.807, 2.05) is 54.6 Å². The maximum Gasteiger partial charge on any atom is 0.262 e. The van der Waals surface area contributed by atoms with E-state index in [1.165, 1.54) is 17.8 Å². The Hall–Kier alpha value is -3.49. The van der Waals surface area contributed by atoms with Crippen LogP contribution in [0.15, 0.2) is 82.9 Å². The minimum absolute atomic E-state index is 0.0798. The van der Waals surface area contributed by atoms with Gasteiger partial charge in [-0.1, -0.05) is 71.9 Å². The Labute approximate surface area is 217 Å². The summed E-state index contributed by atoms with van der Waals surface area (Å²) >= 11 is 7.27. The first kappa shape index (κ1) is 24.2. The van der Waals surface area contributed by atoms with E-state index in [9.17, 15) is 14.0 Å². The zero-order valence-electron chi connectivity index (χ0n) is 19.3. The third kappa shape index (κ3) is 5.20. The third-order valence-corrected chi connectivity index (χ3v) is 7.42. The zero-order valence-corrected chi connectivity index (χ0v) is 20.9. The van der Waals surface area contributed by atoms with Crippen molar-refractivity contribution in [2.45, 2.75) is 31.1 Å². The number of hydrogen-bond acceptors (Lipinski definition) is 5. The van der Waals surface area contributed by atoms with Gasteiger partial charge in [-0.2, -0.15) is 10.1 Å². The zero-order chi connectivity index (χ0) is 25.2. The van der Waals surface area contributed by atoms with E-state index in [2.05, 4.69) is 10.3 Å². The van der Waals surface area contributed by atoms with Gasteiger partial charge in [0.15, 0.2) is 5.17 Å². The number of aliphatic imine (C=N–C) groups is 1. The van der Waals surface area contributed by atoms with Crippen molar-refractivity contribution >= 4 is 51.7 Å². The second kappa shape index (κ2) is 10.2. The molecule has 0 bridgehead atoms. The molecule has 2 amide bonds. The molecule has 0 saturated heterocycles. The molecule has 0 unspecified atom stereocenters. The number of carbonyl (C=O) groups excluding carboxylic acids is 2. The molecule has 0 spiro atoms. The lowest BCUT2D eigenvalue weighted by Gasteiger charge is -2.23. The number of amidine groups is 1. The lowest BCUT2D eigenvalue weighted by molar-refractivity contribution is -0.121. The van der Waals surface area contributed by atoms with Crippen LogP contribution in [0.25, 0.3) is 0 Å². The third-order valence-electron chi connectivity index (χ3n) is 6.02. The Morgan fingerprint density at radius 1 is 1.14 bits per heavy atom. The van der Waals surface area contributed by atoms with Crippen LogP contribution in [0, 0.1) is 12.7 Å². The summed E-state index contributed by atoms with van der Waals surface area (Å²) in [6.45, 7) is 1.65. The first-order valence-corrected chi connectivity index (χ1v) is 12.7. The number of aryl methyl sites for hydroxylation is 1. The number of hydrogen-bond donors (Lipinski definition) is 1. The fourth-order valence-electron chi connectivity index (χ4n) is 4.09. The molecule has 2 heterocycles. The topological polar surface area (TPSA) is 74.1 Å². The van der Waals surface area contributed by atoms with E-state index in [4.69, 9.17) is 16.7 Å². The molecule has 0 aliphatic carbocycles. The number of halogens is 2. The van der Waals surface area contributed by atoms with Crippen molar-refractivity contribution in [3.63, 3.8) is 0 Å². The monoisotopic (exact) mass is 520 g/mol. The Morgan fingerprint density at radius 3 is 2.61 bits per heavy atom. The van der Waals surface area contributed by atoms with E-state index in [-0.39, 0.29) is 24.3 Å². The van der Waals surface area contributed by atoms with Crippen molar-refractivity contribution in [3.8, 4) is 0 Å². The molecule has 9 heteroatoms. The minimum atomic E-state index is -0.679. The molecule has 0 radical (unpaired) electrons. The standard InChI is InChI=1S/C27H22ClFN4O2S/c1-16-7-12-20(13-21(16)29)30-25(34)15-24-26(35)31-27(36-24)33-23(18-5-3-2-4-6-18)14-22(32-33)17-8-10-19(28)11-9-17/h2-13,23-24H,14-15H2,1H3,(H,30,34)/t23-,24-/m1/s1. The average Bonchev–Trinajstić information content (AvgIpc) is 3.46. The molecule has 0 aromatic heterocycles. The van der Waals surface area contributed by atoms with Crippen molar-refractivity contribution < 1.29 is 14.0 Å². The number of benzene rings is 3. The highest BCUT2D eigenvalue weighted by Gasteiger charge is 2.39. The van der Waals surface area contributed by atoms with Crippen molar-refractivity contribution in [1.29, 1.82) is 0 Å². The largest absolute Gasteiger partial charge is 0.326 e. The molecule has 3 aromatic rings. The Kier molecular flexibility index (Phi) is 6.89. The van der Waals surface area contributed by atoms with Gasteiger partial charge in [0.05, 0.1) is 11.8 Å². The second-order valence-electron chi connectivity index (χ2n) is 8.58. The summed E-state index contributed by atoms with van der Waals surface area (Å²) in [5.74, 6) is -1.17. The molecule has 36 heavy (non-hydrogen) atoms. The number of anilines is 1. The van der Waals surface area contributed by atoms with Gasteiger partial charge in [0.25, 0.3) is 5.91 Å². The maximum atomic E-state index is 13.8. The molecule has 3 aromatic carbocycles. The molecule has 0 saturated carbocycles. The second-order valence-corrected chi connectivity index (χ2v) is 10.2. The van der Waals surface area contributed by atoms with E-state index in [0.29, 0.717) is 27.9 Å². The molecule has 182 valence electrons. The molecule has 2 aliphatic rings. The minimum Gasteiger partial charge on any atom is -0.326 e. The molecule has 0 fully saturated rings. The summed E-state index contributed by atoms with van der Waals surface area (Å²) in [6.07, 6.45) is 0.549. The van der Waals surface area contributed by atoms with E-state index >= 15 is 0 Å². The Balaban J connectivity index is 1.33. The Morgan fingerprint density at radius 2 is 1.89 bits per heavy atom. The van der Waals surface area contributed by atoms with Crippen LogP contribution >= 0.6 is 23.4 Å². The highest BCUT2D eigenvalue weighted by atomic mass is 35.5. The molecule has 2 atom stereocenters.